The number of carbonyl (C=O) groups excluding carboxylic acids is 1. The maximum atomic E-state index is 12.8. The molecule has 0 bridgehead atoms. The van der Waals surface area contributed by atoms with Crippen LogP contribution in [0.5, 0.6) is 11.5 Å². The summed E-state index contributed by atoms with van der Waals surface area (Å²) in [4.78, 5) is 31.4. The molecule has 0 spiro atoms. The number of likely N-dealkylation sites (N-methyl/N-ethyl adjacent to an activating group) is 1. The lowest BCUT2D eigenvalue weighted by atomic mass is 10.1. The molecule has 2 aromatic carbocycles. The molecule has 0 aliphatic rings. The van der Waals surface area contributed by atoms with E-state index in [2.05, 4.69) is 4.98 Å². The SMILES string of the molecule is COc1ccc(CCN(C)C(=O)Cn2cnc3c(oc4ccccc43)c2=O)cc1OC. The largest absolute Gasteiger partial charge is 0.493 e. The highest BCUT2D eigenvalue weighted by Gasteiger charge is 2.16. The van der Waals surface area contributed by atoms with E-state index in [1.54, 1.807) is 32.2 Å². The first-order valence-corrected chi connectivity index (χ1v) is 9.83. The van der Waals surface area contributed by atoms with Gasteiger partial charge in [-0.15, -0.1) is 0 Å². The smallest absolute Gasteiger partial charge is 0.297 e. The maximum absolute atomic E-state index is 12.8. The van der Waals surface area contributed by atoms with E-state index >= 15 is 0 Å². The van der Waals surface area contributed by atoms with Gasteiger partial charge in [0.2, 0.25) is 11.5 Å². The second-order valence-corrected chi connectivity index (χ2v) is 7.21. The average molecular weight is 421 g/mol. The van der Waals surface area contributed by atoms with E-state index in [9.17, 15) is 9.59 Å². The highest BCUT2D eigenvalue weighted by molar-refractivity contribution is 6.01. The standard InChI is InChI=1S/C23H23N3O5/c1-25(11-10-15-8-9-18(29-2)19(12-15)30-3)20(27)13-26-14-24-21-16-6-4-5-7-17(16)31-22(21)23(26)28/h4-9,12,14H,10-11,13H2,1-3H3. The van der Waals surface area contributed by atoms with Crippen molar-refractivity contribution in [2.24, 2.45) is 0 Å². The number of hydrogen-bond acceptors (Lipinski definition) is 6. The first-order chi connectivity index (χ1) is 15.0. The molecule has 160 valence electrons. The molecule has 0 saturated heterocycles. The molecule has 31 heavy (non-hydrogen) atoms. The Hall–Kier alpha value is -3.81. The van der Waals surface area contributed by atoms with Crippen LogP contribution in [0.3, 0.4) is 0 Å². The normalized spacial score (nSPS) is 11.1. The molecule has 0 fully saturated rings. The lowest BCUT2D eigenvalue weighted by Gasteiger charge is -2.18. The molecule has 0 aliphatic carbocycles. The van der Waals surface area contributed by atoms with Crippen molar-refractivity contribution in [1.82, 2.24) is 14.5 Å². The summed E-state index contributed by atoms with van der Waals surface area (Å²) in [5, 5.41) is 0.778. The lowest BCUT2D eigenvalue weighted by molar-refractivity contribution is -0.130. The molecule has 2 aromatic heterocycles. The van der Waals surface area contributed by atoms with Crippen molar-refractivity contribution in [1.29, 1.82) is 0 Å². The molecule has 0 aliphatic heterocycles. The van der Waals surface area contributed by atoms with Crippen molar-refractivity contribution < 1.29 is 18.7 Å². The van der Waals surface area contributed by atoms with Crippen LogP contribution in [0.15, 0.2) is 58.0 Å². The summed E-state index contributed by atoms with van der Waals surface area (Å²) in [7, 11) is 4.88. The zero-order valence-corrected chi connectivity index (χ0v) is 17.6. The van der Waals surface area contributed by atoms with Gasteiger partial charge in [0.1, 0.15) is 17.6 Å². The Kier molecular flexibility index (Phi) is 5.62. The van der Waals surface area contributed by atoms with E-state index in [4.69, 9.17) is 13.9 Å². The highest BCUT2D eigenvalue weighted by atomic mass is 16.5. The highest BCUT2D eigenvalue weighted by Crippen LogP contribution is 2.27. The van der Waals surface area contributed by atoms with E-state index in [1.165, 1.54) is 10.9 Å². The Morgan fingerprint density at radius 2 is 1.90 bits per heavy atom. The predicted octanol–water partition coefficient (Wildman–Crippen LogP) is 2.86. The number of ether oxygens (including phenoxy) is 2. The third kappa shape index (κ3) is 3.96. The fourth-order valence-electron chi connectivity index (χ4n) is 3.45. The van der Waals surface area contributed by atoms with Crippen molar-refractivity contribution in [3.05, 3.63) is 64.7 Å². The summed E-state index contributed by atoms with van der Waals surface area (Å²) in [6.45, 7) is 0.380. The van der Waals surface area contributed by atoms with Crippen LogP contribution in [0.2, 0.25) is 0 Å². The second-order valence-electron chi connectivity index (χ2n) is 7.21. The molecule has 1 amide bonds. The van der Waals surface area contributed by atoms with Crippen LogP contribution in [0.1, 0.15) is 5.56 Å². The van der Waals surface area contributed by atoms with Gasteiger partial charge in [0.15, 0.2) is 11.5 Å². The van der Waals surface area contributed by atoms with Gasteiger partial charge in [-0.3, -0.25) is 14.2 Å². The summed E-state index contributed by atoms with van der Waals surface area (Å²) in [5.41, 5.74) is 1.90. The van der Waals surface area contributed by atoms with Gasteiger partial charge < -0.3 is 18.8 Å². The van der Waals surface area contributed by atoms with Crippen LogP contribution in [-0.4, -0.2) is 48.2 Å². The fourth-order valence-corrected chi connectivity index (χ4v) is 3.45. The fraction of sp³-hybridized carbons (Fsp3) is 0.261. The minimum atomic E-state index is -0.372. The van der Waals surface area contributed by atoms with Crippen molar-refractivity contribution in [3.63, 3.8) is 0 Å². The number of nitrogens with zero attached hydrogens (tertiary/aromatic N) is 3. The monoisotopic (exact) mass is 421 g/mol. The second kappa shape index (κ2) is 8.51. The minimum Gasteiger partial charge on any atom is -0.493 e. The van der Waals surface area contributed by atoms with E-state index in [0.717, 1.165) is 10.9 Å². The number of furan rings is 1. The lowest BCUT2D eigenvalue weighted by Crippen LogP contribution is -2.35. The number of rotatable bonds is 7. The van der Waals surface area contributed by atoms with Gasteiger partial charge in [0.05, 0.1) is 20.5 Å². The number of carbonyl (C=O) groups is 1. The number of amides is 1. The van der Waals surface area contributed by atoms with Gasteiger partial charge >= 0.3 is 0 Å². The molecular weight excluding hydrogens is 398 g/mol. The molecule has 4 aromatic rings. The number of fused-ring (bicyclic) bond motifs is 3. The quantitative estimate of drug-likeness (QED) is 0.456. The molecule has 4 rings (SSSR count). The van der Waals surface area contributed by atoms with Crippen LogP contribution in [0.4, 0.5) is 0 Å². The summed E-state index contributed by atoms with van der Waals surface area (Å²) in [5.74, 6) is 1.11. The average Bonchev–Trinajstić information content (AvgIpc) is 3.18. The molecule has 0 radical (unpaired) electrons. The van der Waals surface area contributed by atoms with Crippen LogP contribution in [0.25, 0.3) is 22.1 Å². The molecule has 8 heteroatoms. The van der Waals surface area contributed by atoms with E-state index in [-0.39, 0.29) is 23.6 Å². The molecule has 0 unspecified atom stereocenters. The van der Waals surface area contributed by atoms with Crippen LogP contribution < -0.4 is 15.0 Å². The molecular formula is C23H23N3O5. The van der Waals surface area contributed by atoms with Gasteiger partial charge in [-0.25, -0.2) is 4.98 Å². The first-order valence-electron chi connectivity index (χ1n) is 9.83. The molecule has 8 nitrogen and oxygen atoms in total. The summed E-state index contributed by atoms with van der Waals surface area (Å²) < 4.78 is 17.5. The molecule has 2 heterocycles. The molecule has 0 saturated carbocycles. The molecule has 0 atom stereocenters. The van der Waals surface area contributed by atoms with E-state index in [1.807, 2.05) is 36.4 Å². The number of para-hydroxylation sites is 1. The summed E-state index contributed by atoms with van der Waals surface area (Å²) in [6.07, 6.45) is 2.03. The van der Waals surface area contributed by atoms with Crippen LogP contribution >= 0.6 is 0 Å². The van der Waals surface area contributed by atoms with Crippen LogP contribution in [0, 0.1) is 0 Å². The van der Waals surface area contributed by atoms with Crippen molar-refractivity contribution in [3.8, 4) is 11.5 Å². The summed E-state index contributed by atoms with van der Waals surface area (Å²) >= 11 is 0. The Labute approximate surface area is 178 Å². The number of benzene rings is 2. The first kappa shape index (κ1) is 20.5. The Morgan fingerprint density at radius 1 is 1.13 bits per heavy atom. The zero-order valence-electron chi connectivity index (χ0n) is 17.6. The number of aromatic nitrogens is 2. The summed E-state index contributed by atoms with van der Waals surface area (Å²) in [6, 6.07) is 13.0. The van der Waals surface area contributed by atoms with Gasteiger partial charge in [0.25, 0.3) is 5.56 Å². The van der Waals surface area contributed by atoms with Crippen molar-refractivity contribution in [2.45, 2.75) is 13.0 Å². The van der Waals surface area contributed by atoms with Gasteiger partial charge in [-0.2, -0.15) is 0 Å². The third-order valence-corrected chi connectivity index (χ3v) is 5.27. The van der Waals surface area contributed by atoms with Crippen molar-refractivity contribution in [2.75, 3.05) is 27.8 Å². The Balaban J connectivity index is 1.46. The zero-order chi connectivity index (χ0) is 22.0. The third-order valence-electron chi connectivity index (χ3n) is 5.27. The molecule has 0 N–H and O–H groups in total. The van der Waals surface area contributed by atoms with Gasteiger partial charge in [-0.1, -0.05) is 18.2 Å². The topological polar surface area (TPSA) is 86.8 Å². The minimum absolute atomic E-state index is 0.110. The predicted molar refractivity (Wildman–Crippen MR) is 117 cm³/mol. The van der Waals surface area contributed by atoms with Gasteiger partial charge in [-0.05, 0) is 36.2 Å². The van der Waals surface area contributed by atoms with E-state index < -0.39 is 0 Å². The Morgan fingerprint density at radius 3 is 2.68 bits per heavy atom. The van der Waals surface area contributed by atoms with Gasteiger partial charge in [0, 0.05) is 19.0 Å². The van der Waals surface area contributed by atoms with E-state index in [0.29, 0.717) is 35.6 Å². The maximum Gasteiger partial charge on any atom is 0.297 e. The van der Waals surface area contributed by atoms with Crippen molar-refractivity contribution >= 4 is 28.0 Å². The number of methoxy groups -OCH3 is 2. The number of hydrogen-bond donors (Lipinski definition) is 0. The van der Waals surface area contributed by atoms with Crippen LogP contribution in [-0.2, 0) is 17.8 Å². The Bertz CT molecular complexity index is 1310.